The molecule has 2 aromatic carbocycles. The first-order valence-electron chi connectivity index (χ1n) is 11.8. The van der Waals surface area contributed by atoms with E-state index in [1.54, 1.807) is 0 Å². The molecule has 0 atom stereocenters. The highest BCUT2D eigenvalue weighted by molar-refractivity contribution is 5.71. The fourth-order valence-electron chi connectivity index (χ4n) is 4.62. The Labute approximate surface area is 191 Å². The summed E-state index contributed by atoms with van der Waals surface area (Å²) in [7, 11) is 0. The molecule has 0 amide bonds. The zero-order chi connectivity index (χ0) is 23.1. The van der Waals surface area contributed by atoms with Crippen molar-refractivity contribution >= 4 is 11.4 Å². The van der Waals surface area contributed by atoms with E-state index in [-0.39, 0.29) is 10.8 Å². The Hall–Kier alpha value is -2.22. The van der Waals surface area contributed by atoms with Crippen LogP contribution in [0.25, 0.3) is 0 Å². The summed E-state index contributed by atoms with van der Waals surface area (Å²) in [6.07, 6.45) is 4.56. The Morgan fingerprint density at radius 3 is 1.26 bits per heavy atom. The van der Waals surface area contributed by atoms with Crippen molar-refractivity contribution < 1.29 is 0 Å². The molecule has 0 bridgehead atoms. The zero-order valence-corrected chi connectivity index (χ0v) is 21.4. The quantitative estimate of drug-likeness (QED) is 0.493. The van der Waals surface area contributed by atoms with E-state index in [1.807, 2.05) is 0 Å². The molecule has 2 heteroatoms. The standard InChI is InChI=1S/C29H42N2/c1-20(2)22-13-11-15-24(28(5,6)7)26(22)30-17-18-31(19-30)27-23(21(3)4)14-12-16-25(27)29(8,9)10/h11-18,20-21H,19H2,1-10H3. The van der Waals surface area contributed by atoms with Crippen molar-refractivity contribution in [1.29, 1.82) is 0 Å². The van der Waals surface area contributed by atoms with Gasteiger partial charge >= 0.3 is 0 Å². The topological polar surface area (TPSA) is 6.48 Å². The molecule has 0 spiro atoms. The molecule has 0 saturated heterocycles. The first-order valence-corrected chi connectivity index (χ1v) is 11.8. The molecule has 2 nitrogen and oxygen atoms in total. The summed E-state index contributed by atoms with van der Waals surface area (Å²) in [5, 5.41) is 0. The summed E-state index contributed by atoms with van der Waals surface area (Å²) in [4.78, 5) is 4.92. The van der Waals surface area contributed by atoms with Crippen LogP contribution in [0.5, 0.6) is 0 Å². The minimum atomic E-state index is 0.0912. The maximum Gasteiger partial charge on any atom is 0.0989 e. The highest BCUT2D eigenvalue weighted by atomic mass is 15.3. The first kappa shape index (κ1) is 23.4. The summed E-state index contributed by atoms with van der Waals surface area (Å²) < 4.78 is 0. The average Bonchev–Trinajstić information content (AvgIpc) is 3.14. The lowest BCUT2D eigenvalue weighted by Crippen LogP contribution is -2.30. The van der Waals surface area contributed by atoms with E-state index in [2.05, 4.69) is 128 Å². The fraction of sp³-hybridized carbons (Fsp3) is 0.517. The van der Waals surface area contributed by atoms with Crippen LogP contribution in [0.1, 0.15) is 103 Å². The second-order valence-electron chi connectivity index (χ2n) is 11.7. The van der Waals surface area contributed by atoms with E-state index in [4.69, 9.17) is 0 Å². The van der Waals surface area contributed by atoms with Crippen LogP contribution in [0.3, 0.4) is 0 Å². The van der Waals surface area contributed by atoms with E-state index in [0.717, 1.165) is 6.67 Å². The predicted molar refractivity (Wildman–Crippen MR) is 137 cm³/mol. The monoisotopic (exact) mass is 418 g/mol. The maximum absolute atomic E-state index is 2.46. The Morgan fingerprint density at radius 1 is 0.613 bits per heavy atom. The van der Waals surface area contributed by atoms with Crippen LogP contribution in [0.15, 0.2) is 48.8 Å². The lowest BCUT2D eigenvalue weighted by Gasteiger charge is -2.34. The molecule has 168 valence electrons. The Bertz CT molecular complexity index is 874. The van der Waals surface area contributed by atoms with Gasteiger partial charge in [0.2, 0.25) is 0 Å². The molecular weight excluding hydrogens is 376 g/mol. The highest BCUT2D eigenvalue weighted by Gasteiger charge is 2.30. The zero-order valence-electron chi connectivity index (χ0n) is 21.4. The van der Waals surface area contributed by atoms with Crippen LogP contribution < -0.4 is 9.80 Å². The average molecular weight is 419 g/mol. The Balaban J connectivity index is 2.10. The molecule has 0 unspecified atom stereocenters. The van der Waals surface area contributed by atoms with Gasteiger partial charge in [0, 0.05) is 23.8 Å². The lowest BCUT2D eigenvalue weighted by molar-refractivity contribution is 0.586. The van der Waals surface area contributed by atoms with Crippen molar-refractivity contribution in [1.82, 2.24) is 0 Å². The van der Waals surface area contributed by atoms with Gasteiger partial charge in [0.15, 0.2) is 0 Å². The molecule has 31 heavy (non-hydrogen) atoms. The second kappa shape index (κ2) is 8.37. The first-order chi connectivity index (χ1) is 14.3. The molecule has 0 radical (unpaired) electrons. The Morgan fingerprint density at radius 2 is 0.968 bits per heavy atom. The third-order valence-electron chi connectivity index (χ3n) is 6.30. The Kier molecular flexibility index (Phi) is 6.33. The number of nitrogens with zero attached hydrogens (tertiary/aromatic N) is 2. The van der Waals surface area contributed by atoms with Crippen LogP contribution >= 0.6 is 0 Å². The summed E-state index contributed by atoms with van der Waals surface area (Å²) in [6.45, 7) is 24.0. The van der Waals surface area contributed by atoms with Gasteiger partial charge in [0.1, 0.15) is 0 Å². The molecule has 1 aliphatic heterocycles. The number of hydrogen-bond donors (Lipinski definition) is 0. The van der Waals surface area contributed by atoms with Crippen molar-refractivity contribution in [3.8, 4) is 0 Å². The van der Waals surface area contributed by atoms with E-state index >= 15 is 0 Å². The van der Waals surface area contributed by atoms with Gasteiger partial charge in [-0.05, 0) is 44.9 Å². The van der Waals surface area contributed by atoms with Crippen LogP contribution in [-0.2, 0) is 10.8 Å². The van der Waals surface area contributed by atoms with Crippen molar-refractivity contribution in [3.63, 3.8) is 0 Å². The van der Waals surface area contributed by atoms with Crippen LogP contribution in [0.2, 0.25) is 0 Å². The predicted octanol–water partition coefficient (Wildman–Crippen LogP) is 8.28. The number of rotatable bonds is 4. The smallest absolute Gasteiger partial charge is 0.0989 e. The highest BCUT2D eigenvalue weighted by Crippen LogP contribution is 2.42. The van der Waals surface area contributed by atoms with Gasteiger partial charge in [-0.15, -0.1) is 0 Å². The third-order valence-corrected chi connectivity index (χ3v) is 6.30. The van der Waals surface area contributed by atoms with Crippen molar-refractivity contribution in [2.45, 2.75) is 91.9 Å². The molecule has 3 rings (SSSR count). The summed E-state index contributed by atoms with van der Waals surface area (Å²) >= 11 is 0. The number of hydrogen-bond acceptors (Lipinski definition) is 2. The van der Waals surface area contributed by atoms with Gasteiger partial charge in [-0.25, -0.2) is 0 Å². The minimum Gasteiger partial charge on any atom is -0.327 e. The number of benzene rings is 2. The molecule has 0 saturated carbocycles. The van der Waals surface area contributed by atoms with Crippen molar-refractivity contribution in [2.24, 2.45) is 0 Å². The molecule has 1 aliphatic rings. The summed E-state index contributed by atoms with van der Waals surface area (Å²) in [5.41, 5.74) is 8.61. The largest absolute Gasteiger partial charge is 0.327 e. The minimum absolute atomic E-state index is 0.0912. The van der Waals surface area contributed by atoms with Gasteiger partial charge < -0.3 is 9.80 Å². The van der Waals surface area contributed by atoms with Gasteiger partial charge in [0.05, 0.1) is 6.67 Å². The van der Waals surface area contributed by atoms with Gasteiger partial charge in [-0.3, -0.25) is 0 Å². The summed E-state index contributed by atoms with van der Waals surface area (Å²) in [6, 6.07) is 13.7. The molecule has 0 N–H and O–H groups in total. The third kappa shape index (κ3) is 4.68. The molecule has 0 aliphatic carbocycles. The van der Waals surface area contributed by atoms with Crippen LogP contribution in [0.4, 0.5) is 11.4 Å². The number of para-hydroxylation sites is 2. The van der Waals surface area contributed by atoms with Crippen molar-refractivity contribution in [2.75, 3.05) is 16.5 Å². The van der Waals surface area contributed by atoms with E-state index in [9.17, 15) is 0 Å². The second-order valence-corrected chi connectivity index (χ2v) is 11.7. The SMILES string of the molecule is CC(C)c1cccc(C(C)(C)C)c1N1C=CN(c2c(C(C)C)cccc2C(C)(C)C)C1. The van der Waals surface area contributed by atoms with E-state index in [0.29, 0.717) is 11.8 Å². The van der Waals surface area contributed by atoms with E-state index in [1.165, 1.54) is 33.6 Å². The van der Waals surface area contributed by atoms with Crippen LogP contribution in [-0.4, -0.2) is 6.67 Å². The maximum atomic E-state index is 2.46. The number of anilines is 2. The van der Waals surface area contributed by atoms with Gasteiger partial charge in [-0.1, -0.05) is 106 Å². The van der Waals surface area contributed by atoms with Gasteiger partial charge in [0.25, 0.3) is 0 Å². The van der Waals surface area contributed by atoms with Crippen LogP contribution in [0, 0.1) is 0 Å². The van der Waals surface area contributed by atoms with E-state index < -0.39 is 0 Å². The normalized spacial score (nSPS) is 15.0. The molecular formula is C29H42N2. The molecule has 1 heterocycles. The van der Waals surface area contributed by atoms with Crippen molar-refractivity contribution in [3.05, 3.63) is 71.1 Å². The molecule has 2 aromatic rings. The fourth-order valence-corrected chi connectivity index (χ4v) is 4.62. The lowest BCUT2D eigenvalue weighted by atomic mass is 9.82. The summed E-state index contributed by atoms with van der Waals surface area (Å²) in [5.74, 6) is 0.959. The molecule has 0 fully saturated rings. The van der Waals surface area contributed by atoms with Gasteiger partial charge in [-0.2, -0.15) is 0 Å². The molecule has 0 aromatic heterocycles.